The highest BCUT2D eigenvalue weighted by Gasteiger charge is 2.79. The number of aliphatic hydroxyl groups excluding tert-OH is 1. The van der Waals surface area contributed by atoms with E-state index in [2.05, 4.69) is 12.2 Å². The van der Waals surface area contributed by atoms with E-state index >= 15 is 0 Å². The number of nitrogens with one attached hydrogen (secondary N) is 1. The van der Waals surface area contributed by atoms with Crippen LogP contribution in [0.5, 0.6) is 0 Å². The van der Waals surface area contributed by atoms with Crippen molar-refractivity contribution < 1.29 is 49.1 Å². The molecule has 5 N–H and O–H groups in total. The Morgan fingerprint density at radius 2 is 1.22 bits per heavy atom. The molecular formula is C26H43NO10. The van der Waals surface area contributed by atoms with Crippen molar-refractivity contribution in [2.45, 2.75) is 134 Å². The van der Waals surface area contributed by atoms with Crippen molar-refractivity contribution >= 4 is 29.0 Å². The van der Waals surface area contributed by atoms with E-state index in [9.17, 15) is 44.4 Å². The molecule has 37 heavy (non-hydrogen) atoms. The van der Waals surface area contributed by atoms with Crippen molar-refractivity contribution in [1.29, 1.82) is 0 Å². The Hall–Kier alpha value is -2.05. The number of unbranched alkanes of at least 4 members (excludes halogenated alkanes) is 8. The average Bonchev–Trinajstić information content (AvgIpc) is 2.82. The lowest BCUT2D eigenvalue weighted by atomic mass is 9.59. The normalized spacial score (nSPS) is 30.4. The fourth-order valence-electron chi connectivity index (χ4n) is 4.93. The van der Waals surface area contributed by atoms with Crippen LogP contribution < -0.4 is 5.32 Å². The van der Waals surface area contributed by atoms with Gasteiger partial charge in [0.2, 0.25) is 17.1 Å². The first-order valence-electron chi connectivity index (χ1n) is 13.0. The second-order valence-electron chi connectivity index (χ2n) is 10.0. The van der Waals surface area contributed by atoms with E-state index in [4.69, 9.17) is 4.74 Å². The summed E-state index contributed by atoms with van der Waals surface area (Å²) in [4.78, 5) is 62.5. The minimum absolute atomic E-state index is 0.0426. The molecule has 0 radical (unpaired) electrons. The molecule has 0 aromatic heterocycles. The molecule has 0 aliphatic carbocycles. The summed E-state index contributed by atoms with van der Waals surface area (Å²) in [6.07, 6.45) is 2.28. The number of ether oxygens (including phenoxy) is 1. The van der Waals surface area contributed by atoms with Crippen LogP contribution in [0.2, 0.25) is 0 Å². The van der Waals surface area contributed by atoms with Gasteiger partial charge in [0.15, 0.2) is 35.0 Å². The highest BCUT2D eigenvalue weighted by atomic mass is 16.6. The van der Waals surface area contributed by atoms with Crippen LogP contribution in [0.4, 0.5) is 0 Å². The Morgan fingerprint density at radius 3 is 1.62 bits per heavy atom. The van der Waals surface area contributed by atoms with Crippen molar-refractivity contribution in [2.24, 2.45) is 0 Å². The molecular weight excluding hydrogens is 486 g/mol. The first-order valence-corrected chi connectivity index (χ1v) is 13.0. The van der Waals surface area contributed by atoms with E-state index in [1.807, 2.05) is 0 Å². The molecule has 1 heterocycles. The summed E-state index contributed by atoms with van der Waals surface area (Å²) >= 11 is 0. The number of rotatable bonds is 16. The van der Waals surface area contributed by atoms with Gasteiger partial charge >= 0.3 is 0 Å². The van der Waals surface area contributed by atoms with E-state index in [-0.39, 0.29) is 6.42 Å². The van der Waals surface area contributed by atoms with Crippen molar-refractivity contribution in [2.75, 3.05) is 0 Å². The predicted octanol–water partition coefficient (Wildman–Crippen LogP) is 0.659. The Kier molecular flexibility index (Phi) is 12.2. The van der Waals surface area contributed by atoms with Gasteiger partial charge in [-0.25, -0.2) is 0 Å². The number of ketones is 4. The zero-order chi connectivity index (χ0) is 28.6. The maximum atomic E-state index is 12.7. The molecule has 0 saturated carbocycles. The van der Waals surface area contributed by atoms with Gasteiger partial charge in [0.1, 0.15) is 12.2 Å². The highest BCUT2D eigenvalue weighted by Crippen LogP contribution is 2.47. The summed E-state index contributed by atoms with van der Waals surface area (Å²) < 4.78 is 5.41. The molecule has 11 heteroatoms. The Labute approximate surface area is 218 Å². The van der Waals surface area contributed by atoms with Crippen molar-refractivity contribution in [3.05, 3.63) is 0 Å². The molecule has 1 amide bonds. The summed E-state index contributed by atoms with van der Waals surface area (Å²) in [7, 11) is 0. The third kappa shape index (κ3) is 6.51. The van der Waals surface area contributed by atoms with Crippen LogP contribution >= 0.6 is 0 Å². The standard InChI is InChI=1S/C26H43NO10/c1-6-7-8-9-10-11-12-13-14-15-20(32)27-23-25(35,18(4)30)26(36,19(5)31)24(34,17(3)29)22(37-23)21(33)16(2)28/h21-23,33-36H,6-15H2,1-5H3,(H,27,32)/t21?,22-,23-,24-,25+,26+/m1/s1. The van der Waals surface area contributed by atoms with Gasteiger partial charge in [-0.3, -0.25) is 24.0 Å². The molecule has 1 aliphatic rings. The van der Waals surface area contributed by atoms with Crippen LogP contribution in [-0.2, 0) is 28.7 Å². The number of Topliss-reactive ketones (excluding diaryl/α,β-unsaturated/α-hetero) is 4. The van der Waals surface area contributed by atoms with Gasteiger partial charge in [-0.1, -0.05) is 58.3 Å². The minimum atomic E-state index is -3.56. The highest BCUT2D eigenvalue weighted by molar-refractivity contribution is 6.06. The van der Waals surface area contributed by atoms with Gasteiger partial charge in [0.05, 0.1) is 0 Å². The molecule has 212 valence electrons. The molecule has 0 aromatic rings. The molecule has 6 atom stereocenters. The lowest BCUT2D eigenvalue weighted by Gasteiger charge is -2.58. The Morgan fingerprint density at radius 1 is 0.757 bits per heavy atom. The zero-order valence-corrected chi connectivity index (χ0v) is 22.5. The molecule has 11 nitrogen and oxygen atoms in total. The summed E-state index contributed by atoms with van der Waals surface area (Å²) in [6.45, 7) is 5.28. The van der Waals surface area contributed by atoms with Crippen LogP contribution in [-0.4, -0.2) is 84.7 Å². The van der Waals surface area contributed by atoms with Gasteiger partial charge in [-0.15, -0.1) is 0 Å². The molecule has 0 bridgehead atoms. The number of hydrogen-bond donors (Lipinski definition) is 5. The number of carbonyl (C=O) groups excluding carboxylic acids is 5. The fraction of sp³-hybridized carbons (Fsp3) is 0.808. The molecule has 1 rings (SSSR count). The number of hydrogen-bond acceptors (Lipinski definition) is 10. The third-order valence-corrected chi connectivity index (χ3v) is 7.26. The lowest BCUT2D eigenvalue weighted by Crippen LogP contribution is -2.88. The van der Waals surface area contributed by atoms with E-state index in [0.717, 1.165) is 52.9 Å². The second kappa shape index (κ2) is 13.7. The maximum Gasteiger partial charge on any atom is 0.222 e. The second-order valence-corrected chi connectivity index (χ2v) is 10.0. The summed E-state index contributed by atoms with van der Waals surface area (Å²) in [5.41, 5.74) is -10.3. The van der Waals surface area contributed by atoms with E-state index in [0.29, 0.717) is 13.3 Å². The van der Waals surface area contributed by atoms with Crippen LogP contribution in [0.3, 0.4) is 0 Å². The van der Waals surface area contributed by atoms with E-state index in [1.54, 1.807) is 0 Å². The smallest absolute Gasteiger partial charge is 0.222 e. The van der Waals surface area contributed by atoms with Crippen LogP contribution in [0.25, 0.3) is 0 Å². The maximum absolute atomic E-state index is 12.7. The van der Waals surface area contributed by atoms with Crippen LogP contribution in [0, 0.1) is 0 Å². The minimum Gasteiger partial charge on any atom is -0.382 e. The van der Waals surface area contributed by atoms with E-state index < -0.39 is 64.3 Å². The summed E-state index contributed by atoms with van der Waals surface area (Å²) in [5, 5.41) is 46.7. The SMILES string of the molecule is CCCCCCCCCCCC(=O)N[C@@H]1O[C@H](C(O)C(C)=O)[C@](O)(C(C)=O)[C@@](O)(C(C)=O)[C@]1(O)C(C)=O. The Bertz CT molecular complexity index is 860. The van der Waals surface area contributed by atoms with E-state index in [1.165, 1.54) is 19.3 Å². The van der Waals surface area contributed by atoms with Crippen molar-refractivity contribution in [3.8, 4) is 0 Å². The van der Waals surface area contributed by atoms with Crippen LogP contribution in [0.1, 0.15) is 98.8 Å². The summed E-state index contributed by atoms with van der Waals surface area (Å²) in [6, 6.07) is 0. The van der Waals surface area contributed by atoms with Gasteiger partial charge in [0.25, 0.3) is 0 Å². The first-order chi connectivity index (χ1) is 17.1. The molecule has 1 fully saturated rings. The predicted molar refractivity (Wildman–Crippen MR) is 132 cm³/mol. The molecule has 1 unspecified atom stereocenters. The monoisotopic (exact) mass is 529 g/mol. The fourth-order valence-corrected chi connectivity index (χ4v) is 4.93. The first kappa shape index (κ1) is 33.0. The molecule has 0 spiro atoms. The van der Waals surface area contributed by atoms with Gasteiger partial charge in [-0.05, 0) is 34.1 Å². The van der Waals surface area contributed by atoms with Gasteiger partial charge in [0, 0.05) is 6.42 Å². The average molecular weight is 530 g/mol. The van der Waals surface area contributed by atoms with Crippen LogP contribution in [0.15, 0.2) is 0 Å². The largest absolute Gasteiger partial charge is 0.382 e. The van der Waals surface area contributed by atoms with Gasteiger partial charge < -0.3 is 30.5 Å². The topological polar surface area (TPSA) is 188 Å². The third-order valence-electron chi connectivity index (χ3n) is 7.26. The summed E-state index contributed by atoms with van der Waals surface area (Å²) in [5.74, 6) is -5.76. The lowest BCUT2D eigenvalue weighted by molar-refractivity contribution is -0.330. The quantitative estimate of drug-likeness (QED) is 0.178. The number of aliphatic hydroxyl groups is 4. The van der Waals surface area contributed by atoms with Crippen molar-refractivity contribution in [1.82, 2.24) is 5.32 Å². The molecule has 1 saturated heterocycles. The number of amides is 1. The molecule has 0 aromatic carbocycles. The zero-order valence-electron chi connectivity index (χ0n) is 22.5. The molecule has 1 aliphatic heterocycles. The Balaban J connectivity index is 3.15. The van der Waals surface area contributed by atoms with Gasteiger partial charge in [-0.2, -0.15) is 0 Å². The van der Waals surface area contributed by atoms with Crippen molar-refractivity contribution in [3.63, 3.8) is 0 Å². The number of carbonyl (C=O) groups is 5.